The Hall–Kier alpha value is -1.50. The van der Waals surface area contributed by atoms with Crippen molar-refractivity contribution in [1.29, 1.82) is 0 Å². The minimum atomic E-state index is -3.79. The lowest BCUT2D eigenvalue weighted by molar-refractivity contribution is 0.0878. The number of halogens is 2. The average molecular weight is 249 g/mol. The van der Waals surface area contributed by atoms with E-state index in [-0.39, 0.29) is 0 Å². The van der Waals surface area contributed by atoms with E-state index in [1.54, 1.807) is 0 Å². The van der Waals surface area contributed by atoms with Crippen LogP contribution in [0.4, 0.5) is 8.78 Å². The number of carbonyl (C=O) groups excluding carboxylic acids is 1. The lowest BCUT2D eigenvalue weighted by Crippen LogP contribution is -2.32. The quantitative estimate of drug-likeness (QED) is 0.785. The zero-order valence-electron chi connectivity index (χ0n) is 8.57. The number of hydrogen-bond donors (Lipinski definition) is 0. The van der Waals surface area contributed by atoms with Crippen LogP contribution in [0.15, 0.2) is 18.2 Å². The van der Waals surface area contributed by atoms with E-state index in [1.807, 2.05) is 0 Å². The Morgan fingerprint density at radius 1 is 1.31 bits per heavy atom. The van der Waals surface area contributed by atoms with Crippen LogP contribution in [0.3, 0.4) is 0 Å². The zero-order valence-corrected chi connectivity index (χ0v) is 9.38. The van der Waals surface area contributed by atoms with Crippen LogP contribution < -0.4 is 0 Å². The van der Waals surface area contributed by atoms with Gasteiger partial charge in [0, 0.05) is 7.05 Å². The molecule has 0 aromatic heterocycles. The molecule has 0 radical (unpaired) electrons. The molecule has 0 bridgehead atoms. The van der Waals surface area contributed by atoms with Crippen LogP contribution in [0.25, 0.3) is 0 Å². The molecule has 0 N–H and O–H groups in total. The average Bonchev–Trinajstić information content (AvgIpc) is 2.18. The standard InChI is InChI=1S/C9H9F2NO3S/c1-12(16(2,14)15)9(13)6-4-3-5-7(10)8(6)11/h3-5H,1-2H3. The second-order valence-electron chi connectivity index (χ2n) is 3.14. The van der Waals surface area contributed by atoms with Crippen molar-refractivity contribution in [2.24, 2.45) is 0 Å². The second kappa shape index (κ2) is 4.17. The molecule has 7 heteroatoms. The highest BCUT2D eigenvalue weighted by molar-refractivity contribution is 7.88. The van der Waals surface area contributed by atoms with E-state index in [9.17, 15) is 22.0 Å². The predicted octanol–water partition coefficient (Wildman–Crippen LogP) is 0.996. The van der Waals surface area contributed by atoms with E-state index in [2.05, 4.69) is 0 Å². The summed E-state index contributed by atoms with van der Waals surface area (Å²) in [5.74, 6) is -3.67. The van der Waals surface area contributed by atoms with Crippen molar-refractivity contribution in [3.8, 4) is 0 Å². The van der Waals surface area contributed by atoms with Crippen LogP contribution in [-0.4, -0.2) is 31.9 Å². The minimum Gasteiger partial charge on any atom is -0.268 e. The van der Waals surface area contributed by atoms with Gasteiger partial charge in [0.15, 0.2) is 11.6 Å². The lowest BCUT2D eigenvalue weighted by atomic mass is 10.2. The van der Waals surface area contributed by atoms with Crippen molar-refractivity contribution < 1.29 is 22.0 Å². The Morgan fingerprint density at radius 3 is 2.38 bits per heavy atom. The van der Waals surface area contributed by atoms with Crippen LogP contribution in [0.2, 0.25) is 0 Å². The number of carbonyl (C=O) groups is 1. The monoisotopic (exact) mass is 249 g/mol. The fraction of sp³-hybridized carbons (Fsp3) is 0.222. The molecule has 0 spiro atoms. The number of nitrogens with zero attached hydrogens (tertiary/aromatic N) is 1. The van der Waals surface area contributed by atoms with E-state index < -0.39 is 33.1 Å². The van der Waals surface area contributed by atoms with Gasteiger partial charge in [-0.05, 0) is 12.1 Å². The summed E-state index contributed by atoms with van der Waals surface area (Å²) < 4.78 is 48.4. The Morgan fingerprint density at radius 2 is 1.88 bits per heavy atom. The van der Waals surface area contributed by atoms with E-state index in [1.165, 1.54) is 0 Å². The molecule has 0 heterocycles. The number of amides is 1. The molecule has 4 nitrogen and oxygen atoms in total. The first-order valence-electron chi connectivity index (χ1n) is 4.17. The molecule has 0 saturated heterocycles. The van der Waals surface area contributed by atoms with Crippen molar-refractivity contribution >= 4 is 15.9 Å². The van der Waals surface area contributed by atoms with E-state index >= 15 is 0 Å². The van der Waals surface area contributed by atoms with Crippen molar-refractivity contribution in [2.75, 3.05) is 13.3 Å². The maximum atomic E-state index is 13.2. The van der Waals surface area contributed by atoms with Crippen molar-refractivity contribution in [1.82, 2.24) is 4.31 Å². The maximum Gasteiger partial charge on any atom is 0.270 e. The summed E-state index contributed by atoms with van der Waals surface area (Å²) in [4.78, 5) is 11.5. The van der Waals surface area contributed by atoms with Gasteiger partial charge in [-0.3, -0.25) is 4.79 Å². The first-order chi connectivity index (χ1) is 7.25. The molecule has 1 aromatic rings. The molecule has 1 rings (SSSR count). The molecule has 0 unspecified atom stereocenters. The molecule has 0 aliphatic carbocycles. The van der Waals surface area contributed by atoms with Gasteiger partial charge in [0.25, 0.3) is 5.91 Å². The first-order valence-corrected chi connectivity index (χ1v) is 6.02. The summed E-state index contributed by atoms with van der Waals surface area (Å²) in [6, 6.07) is 2.98. The third-order valence-electron chi connectivity index (χ3n) is 1.97. The molecular formula is C9H9F2NO3S. The van der Waals surface area contributed by atoms with Crippen LogP contribution >= 0.6 is 0 Å². The van der Waals surface area contributed by atoms with Crippen LogP contribution in [0.5, 0.6) is 0 Å². The van der Waals surface area contributed by atoms with Crippen LogP contribution in [0.1, 0.15) is 10.4 Å². The van der Waals surface area contributed by atoms with E-state index in [4.69, 9.17) is 0 Å². The molecular weight excluding hydrogens is 240 g/mol. The van der Waals surface area contributed by atoms with Crippen molar-refractivity contribution in [3.63, 3.8) is 0 Å². The first kappa shape index (κ1) is 12.6. The van der Waals surface area contributed by atoms with Gasteiger partial charge >= 0.3 is 0 Å². The fourth-order valence-corrected chi connectivity index (χ4v) is 1.39. The smallest absolute Gasteiger partial charge is 0.268 e. The molecule has 16 heavy (non-hydrogen) atoms. The molecule has 0 aliphatic rings. The maximum absolute atomic E-state index is 13.2. The molecule has 1 aromatic carbocycles. The van der Waals surface area contributed by atoms with Crippen LogP contribution in [0, 0.1) is 11.6 Å². The van der Waals surface area contributed by atoms with Gasteiger partial charge in [0.2, 0.25) is 10.0 Å². The molecule has 88 valence electrons. The lowest BCUT2D eigenvalue weighted by Gasteiger charge is -2.14. The summed E-state index contributed by atoms with van der Waals surface area (Å²) in [6.07, 6.45) is 0.794. The second-order valence-corrected chi connectivity index (χ2v) is 5.15. The largest absolute Gasteiger partial charge is 0.270 e. The van der Waals surface area contributed by atoms with Gasteiger partial charge < -0.3 is 0 Å². The topological polar surface area (TPSA) is 54.5 Å². The van der Waals surface area contributed by atoms with Crippen molar-refractivity contribution in [3.05, 3.63) is 35.4 Å². The fourth-order valence-electron chi connectivity index (χ4n) is 0.989. The van der Waals surface area contributed by atoms with Gasteiger partial charge in [-0.2, -0.15) is 0 Å². The summed E-state index contributed by atoms with van der Waals surface area (Å²) in [5, 5.41) is 0. The number of hydrogen-bond acceptors (Lipinski definition) is 3. The summed E-state index contributed by atoms with van der Waals surface area (Å²) >= 11 is 0. The van der Waals surface area contributed by atoms with E-state index in [0.717, 1.165) is 31.5 Å². The molecule has 0 fully saturated rings. The van der Waals surface area contributed by atoms with E-state index in [0.29, 0.717) is 4.31 Å². The Balaban J connectivity index is 3.21. The van der Waals surface area contributed by atoms with Crippen molar-refractivity contribution in [2.45, 2.75) is 0 Å². The number of rotatable bonds is 2. The summed E-state index contributed by atoms with van der Waals surface area (Å²) in [7, 11) is -2.81. The van der Waals surface area contributed by atoms with Gasteiger partial charge in [-0.1, -0.05) is 6.07 Å². The zero-order chi connectivity index (χ0) is 12.5. The highest BCUT2D eigenvalue weighted by atomic mass is 32.2. The van der Waals surface area contributed by atoms with Crippen LogP contribution in [-0.2, 0) is 10.0 Å². The number of benzene rings is 1. The summed E-state index contributed by atoms with van der Waals surface area (Å²) in [5.41, 5.74) is -0.618. The van der Waals surface area contributed by atoms with Gasteiger partial charge in [0.05, 0.1) is 11.8 Å². The Kier molecular flexibility index (Phi) is 3.27. The van der Waals surface area contributed by atoms with Gasteiger partial charge in [-0.15, -0.1) is 0 Å². The highest BCUT2D eigenvalue weighted by Crippen LogP contribution is 2.14. The van der Waals surface area contributed by atoms with Gasteiger partial charge in [0.1, 0.15) is 0 Å². The SMILES string of the molecule is CN(C(=O)c1cccc(F)c1F)S(C)(=O)=O. The number of sulfonamides is 1. The normalized spacial score (nSPS) is 11.2. The summed E-state index contributed by atoms with van der Waals surface area (Å²) in [6.45, 7) is 0. The molecule has 0 aliphatic heterocycles. The molecule has 0 saturated carbocycles. The van der Waals surface area contributed by atoms with Gasteiger partial charge in [-0.25, -0.2) is 21.5 Å². The molecule has 1 amide bonds. The molecule has 0 atom stereocenters. The Bertz CT molecular complexity index is 528. The minimum absolute atomic E-state index is 0.352. The third-order valence-corrected chi connectivity index (χ3v) is 3.13. The predicted molar refractivity (Wildman–Crippen MR) is 53.3 cm³/mol. The highest BCUT2D eigenvalue weighted by Gasteiger charge is 2.23. The third kappa shape index (κ3) is 2.35. The Labute approximate surface area is 91.5 Å².